The number of ether oxygens (including phenoxy) is 1. The first kappa shape index (κ1) is 23.5. The van der Waals surface area contributed by atoms with Crippen LogP contribution in [0.25, 0.3) is 6.08 Å². The number of rotatable bonds is 6. The molecule has 7 nitrogen and oxygen atoms in total. The van der Waals surface area contributed by atoms with Gasteiger partial charge in [0.05, 0.1) is 18.1 Å². The summed E-state index contributed by atoms with van der Waals surface area (Å²) in [6, 6.07) is 2.08. The summed E-state index contributed by atoms with van der Waals surface area (Å²) in [5, 5.41) is 9.69. The van der Waals surface area contributed by atoms with E-state index in [0.717, 1.165) is 17.8 Å². The number of anilines is 1. The molecule has 9 heteroatoms. The third-order valence-corrected chi connectivity index (χ3v) is 6.68. The van der Waals surface area contributed by atoms with Crippen molar-refractivity contribution in [2.45, 2.75) is 40.7 Å². The number of carbonyl (C=O) groups excluding carboxylic acids is 1. The first-order valence-electron chi connectivity index (χ1n) is 10.6. The normalized spacial score (nSPS) is 18.4. The van der Waals surface area contributed by atoms with Crippen molar-refractivity contribution in [1.82, 2.24) is 9.47 Å². The highest BCUT2D eigenvalue weighted by Gasteiger charge is 2.33. The topological polar surface area (TPSA) is 78.6 Å². The van der Waals surface area contributed by atoms with E-state index in [1.807, 2.05) is 26.8 Å². The third kappa shape index (κ3) is 4.71. The van der Waals surface area contributed by atoms with Crippen molar-refractivity contribution in [2.24, 2.45) is 5.92 Å². The molecule has 2 aliphatic heterocycles. The average molecular weight is 461 g/mol. The van der Waals surface area contributed by atoms with E-state index >= 15 is 0 Å². The lowest BCUT2D eigenvalue weighted by Gasteiger charge is -2.33. The van der Waals surface area contributed by atoms with Gasteiger partial charge in [0.25, 0.3) is 11.5 Å². The summed E-state index contributed by atoms with van der Waals surface area (Å²) < 4.78 is 7.72. The van der Waals surface area contributed by atoms with Crippen molar-refractivity contribution in [1.29, 1.82) is 5.26 Å². The Labute approximate surface area is 192 Å². The number of aromatic nitrogens is 1. The predicted octanol–water partition coefficient (Wildman–Crippen LogP) is 3.13. The molecule has 1 amide bonds. The number of carbonyl (C=O) groups is 1. The molecular weight excluding hydrogens is 432 g/mol. The van der Waals surface area contributed by atoms with E-state index in [2.05, 4.69) is 11.0 Å². The molecule has 1 aromatic rings. The summed E-state index contributed by atoms with van der Waals surface area (Å²) in [5.41, 5.74) is 1.16. The molecule has 2 saturated heterocycles. The van der Waals surface area contributed by atoms with Gasteiger partial charge in [-0.1, -0.05) is 44.8 Å². The first-order chi connectivity index (χ1) is 14.8. The number of pyridine rings is 1. The van der Waals surface area contributed by atoms with Gasteiger partial charge in [0.2, 0.25) is 0 Å². The maximum atomic E-state index is 13.1. The highest BCUT2D eigenvalue weighted by molar-refractivity contribution is 8.26. The predicted molar refractivity (Wildman–Crippen MR) is 128 cm³/mol. The molecule has 0 spiro atoms. The number of nitrogens with zero attached hydrogens (tertiary/aromatic N) is 4. The molecule has 3 rings (SSSR count). The molecule has 166 valence electrons. The fourth-order valence-corrected chi connectivity index (χ4v) is 5.10. The van der Waals surface area contributed by atoms with Crippen LogP contribution >= 0.6 is 24.0 Å². The van der Waals surface area contributed by atoms with Crippen molar-refractivity contribution >= 4 is 46.1 Å². The van der Waals surface area contributed by atoms with Gasteiger partial charge in [-0.3, -0.25) is 19.1 Å². The van der Waals surface area contributed by atoms with E-state index in [-0.39, 0.29) is 17.0 Å². The van der Waals surface area contributed by atoms with Crippen LogP contribution in [0.1, 0.15) is 43.9 Å². The number of hydrogen-bond donors (Lipinski definition) is 0. The number of nitriles is 1. The molecule has 0 atom stereocenters. The summed E-state index contributed by atoms with van der Waals surface area (Å²) in [5.74, 6) is 0.924. The molecule has 0 N–H and O–H groups in total. The molecule has 0 radical (unpaired) electrons. The number of thioether (sulfide) groups is 1. The van der Waals surface area contributed by atoms with E-state index < -0.39 is 0 Å². The fraction of sp³-hybridized carbons (Fsp3) is 0.545. The lowest BCUT2D eigenvalue weighted by molar-refractivity contribution is -0.122. The molecule has 0 bridgehead atoms. The number of morpholine rings is 1. The van der Waals surface area contributed by atoms with Crippen LogP contribution in [-0.2, 0) is 16.1 Å². The van der Waals surface area contributed by atoms with Gasteiger partial charge in [-0.05, 0) is 30.9 Å². The molecule has 0 saturated carbocycles. The maximum Gasteiger partial charge on any atom is 0.270 e. The van der Waals surface area contributed by atoms with E-state index in [9.17, 15) is 14.9 Å². The Balaban J connectivity index is 2.21. The van der Waals surface area contributed by atoms with Crippen molar-refractivity contribution < 1.29 is 9.53 Å². The number of amides is 1. The second kappa shape index (κ2) is 9.98. The molecule has 1 aromatic heterocycles. The quantitative estimate of drug-likeness (QED) is 0.477. The van der Waals surface area contributed by atoms with Crippen molar-refractivity contribution in [3.63, 3.8) is 0 Å². The molecule has 31 heavy (non-hydrogen) atoms. The summed E-state index contributed by atoms with van der Waals surface area (Å²) in [7, 11) is 0. The fourth-order valence-electron chi connectivity index (χ4n) is 3.84. The maximum absolute atomic E-state index is 13.1. The van der Waals surface area contributed by atoms with E-state index in [0.29, 0.717) is 60.1 Å². The zero-order valence-corrected chi connectivity index (χ0v) is 20.1. The van der Waals surface area contributed by atoms with Crippen LogP contribution in [-0.4, -0.2) is 52.5 Å². The Bertz CT molecular complexity index is 1020. The Kier molecular flexibility index (Phi) is 7.57. The monoisotopic (exact) mass is 460 g/mol. The highest BCUT2D eigenvalue weighted by atomic mass is 32.2. The minimum atomic E-state index is -0.284. The Morgan fingerprint density at radius 1 is 1.29 bits per heavy atom. The van der Waals surface area contributed by atoms with Crippen LogP contribution in [0.15, 0.2) is 9.70 Å². The standard InChI is InChI=1S/C22H28N4O3S2/c1-5-6-25-19(24-7-9-29-10-8-24)16(15(4)17(12-23)20(25)27)11-18-21(28)26(13-14(2)3)22(30)31-18/h11,14H,5-10,13H2,1-4H3/b18-11-. The van der Waals surface area contributed by atoms with Gasteiger partial charge < -0.3 is 9.64 Å². The van der Waals surface area contributed by atoms with E-state index in [1.54, 1.807) is 16.4 Å². The van der Waals surface area contributed by atoms with Crippen LogP contribution in [0.2, 0.25) is 0 Å². The zero-order chi connectivity index (χ0) is 22.7. The van der Waals surface area contributed by atoms with Crippen LogP contribution in [0.4, 0.5) is 5.82 Å². The van der Waals surface area contributed by atoms with Crippen molar-refractivity contribution in [2.75, 3.05) is 37.7 Å². The summed E-state index contributed by atoms with van der Waals surface area (Å²) in [4.78, 5) is 30.5. The summed E-state index contributed by atoms with van der Waals surface area (Å²) in [6.07, 6.45) is 2.56. The smallest absolute Gasteiger partial charge is 0.270 e. The van der Waals surface area contributed by atoms with E-state index in [4.69, 9.17) is 17.0 Å². The lowest BCUT2D eigenvalue weighted by atomic mass is 10.0. The second-order valence-electron chi connectivity index (χ2n) is 8.09. The lowest BCUT2D eigenvalue weighted by Crippen LogP contribution is -2.41. The molecule has 3 heterocycles. The van der Waals surface area contributed by atoms with Crippen molar-refractivity contribution in [3.8, 4) is 6.07 Å². The van der Waals surface area contributed by atoms with Crippen molar-refractivity contribution in [3.05, 3.63) is 31.9 Å². The molecule has 0 aliphatic carbocycles. The molecule has 0 unspecified atom stereocenters. The van der Waals surface area contributed by atoms with Gasteiger partial charge in [-0.25, -0.2) is 0 Å². The van der Waals surface area contributed by atoms with E-state index in [1.165, 1.54) is 11.8 Å². The summed E-state index contributed by atoms with van der Waals surface area (Å²) in [6.45, 7) is 11.3. The van der Waals surface area contributed by atoms with Gasteiger partial charge >= 0.3 is 0 Å². The molecular formula is C22H28N4O3S2. The van der Waals surface area contributed by atoms with Gasteiger partial charge in [0.15, 0.2) is 0 Å². The van der Waals surface area contributed by atoms with Crippen LogP contribution < -0.4 is 10.5 Å². The van der Waals surface area contributed by atoms with Crippen LogP contribution in [0.5, 0.6) is 0 Å². The average Bonchev–Trinajstić information content (AvgIpc) is 2.99. The SMILES string of the molecule is CCCn1c(N2CCOCC2)c(/C=C2\SC(=S)N(CC(C)C)C2=O)c(C)c(C#N)c1=O. The van der Waals surface area contributed by atoms with Gasteiger partial charge in [-0.2, -0.15) is 5.26 Å². The minimum Gasteiger partial charge on any atom is -0.378 e. The van der Waals surface area contributed by atoms with Crippen LogP contribution in [0.3, 0.4) is 0 Å². The minimum absolute atomic E-state index is 0.120. The molecule has 0 aromatic carbocycles. The Morgan fingerprint density at radius 2 is 1.97 bits per heavy atom. The molecule has 2 fully saturated rings. The van der Waals surface area contributed by atoms with Gasteiger partial charge in [0.1, 0.15) is 21.8 Å². The Morgan fingerprint density at radius 3 is 2.55 bits per heavy atom. The first-order valence-corrected chi connectivity index (χ1v) is 11.8. The largest absolute Gasteiger partial charge is 0.378 e. The third-order valence-electron chi connectivity index (χ3n) is 5.30. The second-order valence-corrected chi connectivity index (χ2v) is 9.77. The highest BCUT2D eigenvalue weighted by Crippen LogP contribution is 2.36. The Hall–Kier alpha value is -2.15. The van der Waals surface area contributed by atoms with Gasteiger partial charge in [0, 0.05) is 31.7 Å². The number of hydrogen-bond acceptors (Lipinski definition) is 7. The zero-order valence-electron chi connectivity index (χ0n) is 18.4. The molecule has 2 aliphatic rings. The number of thiocarbonyl (C=S) groups is 1. The summed E-state index contributed by atoms with van der Waals surface area (Å²) >= 11 is 6.72. The van der Waals surface area contributed by atoms with Crippen LogP contribution in [0, 0.1) is 24.2 Å². The van der Waals surface area contributed by atoms with Gasteiger partial charge in [-0.15, -0.1) is 0 Å².